The molecule has 5 nitrogen and oxygen atoms in total. The minimum atomic E-state index is -0.0283. The van der Waals surface area contributed by atoms with Crippen molar-refractivity contribution in [2.75, 3.05) is 26.3 Å². The molecule has 1 aliphatic rings. The molecule has 1 saturated heterocycles. The molecule has 100 valence electrons. The van der Waals surface area contributed by atoms with Gasteiger partial charge in [-0.2, -0.15) is 0 Å². The van der Waals surface area contributed by atoms with Crippen LogP contribution in [0.1, 0.15) is 5.56 Å². The van der Waals surface area contributed by atoms with Gasteiger partial charge in [0.2, 0.25) is 0 Å². The number of hydrogen-bond acceptors (Lipinski definition) is 4. The minimum absolute atomic E-state index is 0.0283. The number of rotatable bonds is 3. The molecule has 5 heteroatoms. The Morgan fingerprint density at radius 1 is 1.26 bits per heavy atom. The third kappa shape index (κ3) is 2.84. The number of hydrogen-bond donors (Lipinski definition) is 2. The zero-order chi connectivity index (χ0) is 13.1. The van der Waals surface area contributed by atoms with Crippen molar-refractivity contribution in [1.29, 1.82) is 0 Å². The number of aromatic amines is 1. The van der Waals surface area contributed by atoms with Gasteiger partial charge in [0.25, 0.3) is 5.56 Å². The summed E-state index contributed by atoms with van der Waals surface area (Å²) in [6.07, 6.45) is 0. The maximum Gasteiger partial charge on any atom is 0.252 e. The van der Waals surface area contributed by atoms with Gasteiger partial charge in [-0.3, -0.25) is 10.2 Å². The number of aromatic nitrogens is 1. The van der Waals surface area contributed by atoms with Crippen LogP contribution in [0.15, 0.2) is 35.1 Å². The Balaban J connectivity index is 1.76. The highest BCUT2D eigenvalue weighted by atomic mass is 16.5. The van der Waals surface area contributed by atoms with Crippen molar-refractivity contribution in [3.63, 3.8) is 0 Å². The first-order valence-electron chi connectivity index (χ1n) is 6.50. The predicted molar refractivity (Wildman–Crippen MR) is 73.8 cm³/mol. The summed E-state index contributed by atoms with van der Waals surface area (Å²) in [5.41, 5.74) is 4.88. The highest BCUT2D eigenvalue weighted by molar-refractivity contribution is 5.78. The summed E-state index contributed by atoms with van der Waals surface area (Å²) in [6.45, 7) is 3.72. The Hall–Kier alpha value is -1.69. The fourth-order valence-corrected chi connectivity index (χ4v) is 2.24. The van der Waals surface area contributed by atoms with Gasteiger partial charge < -0.3 is 9.72 Å². The van der Waals surface area contributed by atoms with Gasteiger partial charge in [0.1, 0.15) is 0 Å². The molecular formula is C14H17N3O2. The summed E-state index contributed by atoms with van der Waals surface area (Å²) in [6, 6.07) is 9.75. The number of benzene rings is 1. The van der Waals surface area contributed by atoms with Crippen molar-refractivity contribution >= 4 is 10.9 Å². The molecule has 2 N–H and O–H groups in total. The van der Waals surface area contributed by atoms with Gasteiger partial charge in [0.05, 0.1) is 13.2 Å². The van der Waals surface area contributed by atoms with Crippen LogP contribution in [0.2, 0.25) is 0 Å². The summed E-state index contributed by atoms with van der Waals surface area (Å²) < 4.78 is 5.28. The Morgan fingerprint density at radius 3 is 2.89 bits per heavy atom. The van der Waals surface area contributed by atoms with Crippen LogP contribution >= 0.6 is 0 Å². The molecule has 0 unspecified atom stereocenters. The van der Waals surface area contributed by atoms with Gasteiger partial charge in [0.15, 0.2) is 0 Å². The zero-order valence-electron chi connectivity index (χ0n) is 10.7. The number of morpholine rings is 1. The number of nitrogens with zero attached hydrogens (tertiary/aromatic N) is 1. The summed E-state index contributed by atoms with van der Waals surface area (Å²) >= 11 is 0. The first kappa shape index (κ1) is 12.3. The smallest absolute Gasteiger partial charge is 0.252 e. The van der Waals surface area contributed by atoms with Crippen molar-refractivity contribution in [1.82, 2.24) is 15.4 Å². The predicted octanol–water partition coefficient (Wildman–Crippen LogP) is 0.865. The molecular weight excluding hydrogens is 242 g/mol. The number of H-pyrrole nitrogens is 1. The van der Waals surface area contributed by atoms with Crippen LogP contribution in [0.5, 0.6) is 0 Å². The number of hydrazine groups is 1. The molecule has 1 aromatic carbocycles. The Kier molecular flexibility index (Phi) is 3.59. The highest BCUT2D eigenvalue weighted by Crippen LogP contribution is 2.10. The van der Waals surface area contributed by atoms with Crippen LogP contribution in [-0.2, 0) is 11.3 Å². The number of pyridine rings is 1. The van der Waals surface area contributed by atoms with E-state index in [0.29, 0.717) is 6.54 Å². The monoisotopic (exact) mass is 259 g/mol. The number of nitrogens with one attached hydrogen (secondary N) is 2. The maximum atomic E-state index is 12.0. The minimum Gasteiger partial charge on any atom is -0.379 e. The van der Waals surface area contributed by atoms with Crippen LogP contribution in [0, 0.1) is 0 Å². The second kappa shape index (κ2) is 5.52. The lowest BCUT2D eigenvalue weighted by molar-refractivity contribution is 0.0105. The SMILES string of the molecule is O=c1[nH]c2ccccc2cc1CNN1CCOCC1. The van der Waals surface area contributed by atoms with E-state index in [4.69, 9.17) is 4.74 Å². The van der Waals surface area contributed by atoms with Crippen LogP contribution in [0.4, 0.5) is 0 Å². The molecule has 19 heavy (non-hydrogen) atoms. The van der Waals surface area contributed by atoms with Crippen LogP contribution in [-0.4, -0.2) is 36.3 Å². The van der Waals surface area contributed by atoms with Crippen molar-refractivity contribution < 1.29 is 4.74 Å². The van der Waals surface area contributed by atoms with Crippen molar-refractivity contribution in [2.24, 2.45) is 0 Å². The third-order valence-corrected chi connectivity index (χ3v) is 3.33. The molecule has 1 aliphatic heterocycles. The van der Waals surface area contributed by atoms with Gasteiger partial charge in [-0.15, -0.1) is 0 Å². The first-order valence-corrected chi connectivity index (χ1v) is 6.50. The molecule has 0 spiro atoms. The molecule has 0 amide bonds. The molecule has 1 fully saturated rings. The van der Waals surface area contributed by atoms with E-state index >= 15 is 0 Å². The van der Waals surface area contributed by atoms with Gasteiger partial charge >= 0.3 is 0 Å². The number of ether oxygens (including phenoxy) is 1. The van der Waals surface area contributed by atoms with Gasteiger partial charge in [-0.1, -0.05) is 18.2 Å². The third-order valence-electron chi connectivity index (χ3n) is 3.33. The second-order valence-electron chi connectivity index (χ2n) is 4.65. The van der Waals surface area contributed by atoms with Gasteiger partial charge in [-0.25, -0.2) is 5.01 Å². The Bertz CT molecular complexity index is 617. The zero-order valence-corrected chi connectivity index (χ0v) is 10.7. The van der Waals surface area contributed by atoms with E-state index in [-0.39, 0.29) is 5.56 Å². The van der Waals surface area contributed by atoms with Gasteiger partial charge in [0, 0.05) is 30.7 Å². The normalized spacial score (nSPS) is 16.8. The van der Waals surface area contributed by atoms with Crippen LogP contribution in [0.3, 0.4) is 0 Å². The molecule has 0 bridgehead atoms. The van der Waals surface area contributed by atoms with E-state index in [1.54, 1.807) is 0 Å². The second-order valence-corrected chi connectivity index (χ2v) is 4.65. The lowest BCUT2D eigenvalue weighted by atomic mass is 10.1. The topological polar surface area (TPSA) is 57.4 Å². The van der Waals surface area contributed by atoms with E-state index in [9.17, 15) is 4.79 Å². The summed E-state index contributed by atoms with van der Waals surface area (Å²) in [4.78, 5) is 14.9. The van der Waals surface area contributed by atoms with Crippen molar-refractivity contribution in [2.45, 2.75) is 6.54 Å². The summed E-state index contributed by atoms with van der Waals surface area (Å²) in [5.74, 6) is 0. The first-order chi connectivity index (χ1) is 9.33. The molecule has 0 radical (unpaired) electrons. The van der Waals surface area contributed by atoms with Gasteiger partial charge in [-0.05, 0) is 17.5 Å². The van der Waals surface area contributed by atoms with Crippen LogP contribution < -0.4 is 11.0 Å². The van der Waals surface area contributed by atoms with E-state index in [1.807, 2.05) is 30.3 Å². The molecule has 2 aromatic rings. The number of fused-ring (bicyclic) bond motifs is 1. The number of para-hydroxylation sites is 1. The molecule has 0 aliphatic carbocycles. The average Bonchev–Trinajstić information content (AvgIpc) is 2.46. The Labute approximate surface area is 111 Å². The summed E-state index contributed by atoms with van der Waals surface area (Å²) in [5, 5.41) is 3.15. The van der Waals surface area contributed by atoms with E-state index in [2.05, 4.69) is 15.4 Å². The molecule has 0 saturated carbocycles. The van der Waals surface area contributed by atoms with Crippen LogP contribution in [0.25, 0.3) is 10.9 Å². The molecule has 3 rings (SSSR count). The average molecular weight is 259 g/mol. The molecule has 1 aromatic heterocycles. The van der Waals surface area contributed by atoms with E-state index < -0.39 is 0 Å². The largest absolute Gasteiger partial charge is 0.379 e. The standard InChI is InChI=1S/C14H17N3O2/c18-14-12(10-15-17-5-7-19-8-6-17)9-11-3-1-2-4-13(11)16-14/h1-4,9,15H,5-8,10H2,(H,16,18). The lowest BCUT2D eigenvalue weighted by Gasteiger charge is -2.27. The molecule has 0 atom stereocenters. The maximum absolute atomic E-state index is 12.0. The highest BCUT2D eigenvalue weighted by Gasteiger charge is 2.10. The fraction of sp³-hybridized carbons (Fsp3) is 0.357. The Morgan fingerprint density at radius 2 is 2.05 bits per heavy atom. The lowest BCUT2D eigenvalue weighted by Crippen LogP contribution is -2.45. The quantitative estimate of drug-likeness (QED) is 0.858. The van der Waals surface area contributed by atoms with Crippen molar-refractivity contribution in [3.8, 4) is 0 Å². The van der Waals surface area contributed by atoms with E-state index in [0.717, 1.165) is 42.8 Å². The molecule has 2 heterocycles. The summed E-state index contributed by atoms with van der Waals surface area (Å²) in [7, 11) is 0. The fourth-order valence-electron chi connectivity index (χ4n) is 2.24. The van der Waals surface area contributed by atoms with E-state index in [1.165, 1.54) is 0 Å². The van der Waals surface area contributed by atoms with Crippen molar-refractivity contribution in [3.05, 3.63) is 46.2 Å².